The van der Waals surface area contributed by atoms with Crippen LogP contribution in [0.1, 0.15) is 10.4 Å². The highest BCUT2D eigenvalue weighted by Gasteiger charge is 2.15. The van der Waals surface area contributed by atoms with Crippen LogP contribution in [0.3, 0.4) is 0 Å². The van der Waals surface area contributed by atoms with Crippen LogP contribution in [0.25, 0.3) is 0 Å². The smallest absolute Gasteiger partial charge is 0.305 e. The molecule has 0 aliphatic carbocycles. The Bertz CT molecular complexity index is 1090. The van der Waals surface area contributed by atoms with Gasteiger partial charge in [0, 0.05) is 17.7 Å². The minimum atomic E-state index is -1.06. The topological polar surface area (TPSA) is 111 Å². The Hall–Kier alpha value is -4.27. The van der Waals surface area contributed by atoms with E-state index in [1.165, 1.54) is 6.07 Å². The third-order valence-corrected chi connectivity index (χ3v) is 3.97. The summed E-state index contributed by atoms with van der Waals surface area (Å²) in [6.45, 7) is -0.460. The molecule has 2 N–H and O–H groups in total. The van der Waals surface area contributed by atoms with Gasteiger partial charge in [0.15, 0.2) is 6.61 Å². The molecule has 0 atom stereocenters. The van der Waals surface area contributed by atoms with E-state index in [-0.39, 0.29) is 11.7 Å². The summed E-state index contributed by atoms with van der Waals surface area (Å²) in [4.78, 5) is 34.3. The molecule has 30 heavy (non-hydrogen) atoms. The van der Waals surface area contributed by atoms with E-state index in [9.17, 15) is 24.1 Å². The lowest BCUT2D eigenvalue weighted by Crippen LogP contribution is -2.21. The van der Waals surface area contributed by atoms with Gasteiger partial charge < -0.3 is 15.4 Å². The highest BCUT2D eigenvalue weighted by molar-refractivity contribution is 6.07. The van der Waals surface area contributed by atoms with Crippen molar-refractivity contribution in [3.05, 3.63) is 94.3 Å². The normalized spacial score (nSPS) is 10.2. The number of carbonyl (C=O) groups excluding carboxylic acids is 2. The van der Waals surface area contributed by atoms with E-state index in [0.29, 0.717) is 16.9 Å². The molecule has 3 rings (SSSR count). The fourth-order valence-corrected chi connectivity index (χ4v) is 2.55. The summed E-state index contributed by atoms with van der Waals surface area (Å²) in [6.07, 6.45) is 0. The number of ether oxygens (including phenoxy) is 1. The van der Waals surface area contributed by atoms with Crippen molar-refractivity contribution in [3.8, 4) is 5.75 Å². The lowest BCUT2D eigenvalue weighted by Gasteiger charge is -2.13. The van der Waals surface area contributed by atoms with Crippen molar-refractivity contribution in [2.45, 2.75) is 0 Å². The first kappa shape index (κ1) is 20.5. The standard InChI is InChI=1S/C21H16FN3O5/c22-16-12-15(10-11-19(16)25(28)29)30-13-20(26)23-17-8-4-5-9-18(17)24-21(27)14-6-2-1-3-7-14/h1-12H,13H2,(H,23,26)(H,24,27). The van der Waals surface area contributed by atoms with Crippen molar-refractivity contribution < 1.29 is 23.6 Å². The van der Waals surface area contributed by atoms with Gasteiger partial charge in [-0.3, -0.25) is 19.7 Å². The van der Waals surface area contributed by atoms with Crippen molar-refractivity contribution >= 4 is 28.9 Å². The highest BCUT2D eigenvalue weighted by Crippen LogP contribution is 2.23. The van der Waals surface area contributed by atoms with Gasteiger partial charge in [-0.2, -0.15) is 4.39 Å². The molecule has 0 heterocycles. The third kappa shape index (κ3) is 5.16. The van der Waals surface area contributed by atoms with Gasteiger partial charge in [0.2, 0.25) is 5.82 Å². The van der Waals surface area contributed by atoms with Gasteiger partial charge in [-0.25, -0.2) is 0 Å². The number of para-hydroxylation sites is 2. The zero-order valence-corrected chi connectivity index (χ0v) is 15.5. The van der Waals surface area contributed by atoms with Crippen LogP contribution in [0.4, 0.5) is 21.5 Å². The van der Waals surface area contributed by atoms with Crippen LogP contribution in [-0.4, -0.2) is 23.3 Å². The second kappa shape index (κ2) is 9.28. The molecule has 9 heteroatoms. The highest BCUT2D eigenvalue weighted by atomic mass is 19.1. The molecule has 0 bridgehead atoms. The lowest BCUT2D eigenvalue weighted by atomic mass is 10.2. The van der Waals surface area contributed by atoms with Gasteiger partial charge in [0.25, 0.3) is 11.8 Å². The Morgan fingerprint density at radius 2 is 1.57 bits per heavy atom. The number of carbonyl (C=O) groups is 2. The van der Waals surface area contributed by atoms with E-state index in [2.05, 4.69) is 10.6 Å². The Morgan fingerprint density at radius 1 is 0.933 bits per heavy atom. The first-order valence-corrected chi connectivity index (χ1v) is 8.76. The molecule has 0 spiro atoms. The fraction of sp³-hybridized carbons (Fsp3) is 0.0476. The van der Waals surface area contributed by atoms with Gasteiger partial charge >= 0.3 is 5.69 Å². The molecular formula is C21H16FN3O5. The van der Waals surface area contributed by atoms with E-state index in [4.69, 9.17) is 4.74 Å². The number of nitro groups is 1. The van der Waals surface area contributed by atoms with E-state index in [0.717, 1.165) is 12.1 Å². The maximum absolute atomic E-state index is 13.6. The van der Waals surface area contributed by atoms with Gasteiger partial charge in [-0.15, -0.1) is 0 Å². The average molecular weight is 409 g/mol. The van der Waals surface area contributed by atoms with Crippen LogP contribution in [0.2, 0.25) is 0 Å². The SMILES string of the molecule is O=C(COc1ccc([N+](=O)[O-])c(F)c1)Nc1ccccc1NC(=O)c1ccccc1. The first-order chi connectivity index (χ1) is 14.4. The van der Waals surface area contributed by atoms with Crippen molar-refractivity contribution in [2.75, 3.05) is 17.2 Å². The van der Waals surface area contributed by atoms with E-state index >= 15 is 0 Å². The number of halogens is 1. The maximum atomic E-state index is 13.6. The quantitative estimate of drug-likeness (QED) is 0.453. The molecule has 152 valence electrons. The van der Waals surface area contributed by atoms with E-state index in [1.807, 2.05) is 0 Å². The molecule has 0 aromatic heterocycles. The predicted octanol–water partition coefficient (Wildman–Crippen LogP) is 4.00. The van der Waals surface area contributed by atoms with Crippen LogP contribution in [0, 0.1) is 15.9 Å². The zero-order chi connectivity index (χ0) is 21.5. The summed E-state index contributed by atoms with van der Waals surface area (Å²) in [6, 6.07) is 18.2. The average Bonchev–Trinajstić information content (AvgIpc) is 2.74. The van der Waals surface area contributed by atoms with Crippen LogP contribution in [-0.2, 0) is 4.79 Å². The van der Waals surface area contributed by atoms with Crippen molar-refractivity contribution in [3.63, 3.8) is 0 Å². The summed E-state index contributed by atoms with van der Waals surface area (Å²) in [5.41, 5.74) is 0.517. The van der Waals surface area contributed by atoms with Crippen LogP contribution >= 0.6 is 0 Å². The van der Waals surface area contributed by atoms with E-state index in [1.54, 1.807) is 54.6 Å². The molecular weight excluding hydrogens is 393 g/mol. The van der Waals surface area contributed by atoms with Crippen LogP contribution in [0.15, 0.2) is 72.8 Å². The fourth-order valence-electron chi connectivity index (χ4n) is 2.55. The van der Waals surface area contributed by atoms with Gasteiger partial charge in [-0.05, 0) is 30.3 Å². The molecule has 3 aromatic rings. The predicted molar refractivity (Wildman–Crippen MR) is 108 cm³/mol. The number of nitrogens with one attached hydrogen (secondary N) is 2. The van der Waals surface area contributed by atoms with Crippen LogP contribution in [0.5, 0.6) is 5.75 Å². The van der Waals surface area contributed by atoms with Crippen molar-refractivity contribution in [1.29, 1.82) is 0 Å². The van der Waals surface area contributed by atoms with Gasteiger partial charge in [0.05, 0.1) is 16.3 Å². The van der Waals surface area contributed by atoms with Crippen LogP contribution < -0.4 is 15.4 Å². The Balaban J connectivity index is 1.62. The molecule has 3 aromatic carbocycles. The Kier molecular flexibility index (Phi) is 6.33. The number of benzene rings is 3. The summed E-state index contributed by atoms with van der Waals surface area (Å²) in [5.74, 6) is -1.99. The summed E-state index contributed by atoms with van der Waals surface area (Å²) >= 11 is 0. The largest absolute Gasteiger partial charge is 0.484 e. The monoisotopic (exact) mass is 409 g/mol. The van der Waals surface area contributed by atoms with Crippen molar-refractivity contribution in [2.24, 2.45) is 0 Å². The maximum Gasteiger partial charge on any atom is 0.305 e. The molecule has 0 saturated heterocycles. The van der Waals surface area contributed by atoms with Gasteiger partial charge in [0.1, 0.15) is 5.75 Å². The second-order valence-corrected chi connectivity index (χ2v) is 6.07. The molecule has 0 saturated carbocycles. The molecule has 0 aliphatic heterocycles. The van der Waals surface area contributed by atoms with Gasteiger partial charge in [-0.1, -0.05) is 30.3 Å². The third-order valence-electron chi connectivity index (χ3n) is 3.97. The Labute approximate surface area is 170 Å². The number of hydrogen-bond donors (Lipinski definition) is 2. The minimum absolute atomic E-state index is 0.0288. The minimum Gasteiger partial charge on any atom is -0.484 e. The molecule has 0 unspecified atom stereocenters. The number of nitrogens with zero attached hydrogens (tertiary/aromatic N) is 1. The molecule has 2 amide bonds. The second-order valence-electron chi connectivity index (χ2n) is 6.07. The number of anilines is 2. The molecule has 8 nitrogen and oxygen atoms in total. The Morgan fingerprint density at radius 3 is 2.20 bits per heavy atom. The van der Waals surface area contributed by atoms with E-state index < -0.39 is 28.9 Å². The number of hydrogen-bond acceptors (Lipinski definition) is 5. The number of amides is 2. The summed E-state index contributed by atoms with van der Waals surface area (Å²) < 4.78 is 18.8. The number of nitro benzene ring substituents is 1. The summed E-state index contributed by atoms with van der Waals surface area (Å²) in [5, 5.41) is 16.0. The van der Waals surface area contributed by atoms with Crippen molar-refractivity contribution in [1.82, 2.24) is 0 Å². The first-order valence-electron chi connectivity index (χ1n) is 8.76. The molecule has 0 aliphatic rings. The molecule has 0 fully saturated rings. The number of rotatable bonds is 7. The lowest BCUT2D eigenvalue weighted by molar-refractivity contribution is -0.387. The summed E-state index contributed by atoms with van der Waals surface area (Å²) in [7, 11) is 0. The molecule has 0 radical (unpaired) electrons. The zero-order valence-electron chi connectivity index (χ0n) is 15.5.